The van der Waals surface area contributed by atoms with Gasteiger partial charge in [-0.15, -0.1) is 24.0 Å². The Balaban J connectivity index is 0.00000529. The predicted octanol–water partition coefficient (Wildman–Crippen LogP) is 2.41. The lowest BCUT2D eigenvalue weighted by Gasteiger charge is -2.29. The molecule has 24 heavy (non-hydrogen) atoms. The van der Waals surface area contributed by atoms with Crippen LogP contribution in [0, 0.1) is 5.92 Å². The summed E-state index contributed by atoms with van der Waals surface area (Å²) in [5, 5.41) is 6.66. The van der Waals surface area contributed by atoms with Gasteiger partial charge in [-0.25, -0.2) is 12.7 Å². The number of aliphatic imine (C=N–C) groups is 1. The average Bonchev–Trinajstić information content (AvgIpc) is 2.52. The molecule has 0 unspecified atom stereocenters. The fraction of sp³-hybridized carbons (Fsp3) is 0.938. The smallest absolute Gasteiger partial charge is 0.211 e. The van der Waals surface area contributed by atoms with Crippen LogP contribution in [0.1, 0.15) is 52.4 Å². The second-order valence-electron chi connectivity index (χ2n) is 6.31. The van der Waals surface area contributed by atoms with E-state index in [4.69, 9.17) is 0 Å². The highest BCUT2D eigenvalue weighted by molar-refractivity contribution is 14.0. The molecule has 1 aliphatic heterocycles. The van der Waals surface area contributed by atoms with Crippen molar-refractivity contribution in [1.29, 1.82) is 0 Å². The molecule has 1 heterocycles. The molecule has 1 aliphatic rings. The summed E-state index contributed by atoms with van der Waals surface area (Å²) in [5.41, 5.74) is 0. The summed E-state index contributed by atoms with van der Waals surface area (Å²) < 4.78 is 24.6. The molecule has 0 spiro atoms. The minimum Gasteiger partial charge on any atom is -0.357 e. The molecule has 144 valence electrons. The van der Waals surface area contributed by atoms with Crippen LogP contribution in [0.3, 0.4) is 0 Å². The van der Waals surface area contributed by atoms with E-state index in [1.807, 2.05) is 0 Å². The lowest BCUT2D eigenvalue weighted by atomic mass is 9.98. The van der Waals surface area contributed by atoms with E-state index in [0.717, 1.165) is 38.4 Å². The summed E-state index contributed by atoms with van der Waals surface area (Å²) in [7, 11) is -3.04. The van der Waals surface area contributed by atoms with Crippen molar-refractivity contribution in [3.05, 3.63) is 0 Å². The van der Waals surface area contributed by atoms with Crippen LogP contribution in [0.2, 0.25) is 0 Å². The molecular weight excluding hydrogens is 439 g/mol. The highest BCUT2D eigenvalue weighted by Gasteiger charge is 2.24. The Morgan fingerprint density at radius 3 is 2.33 bits per heavy atom. The molecule has 6 nitrogen and oxygen atoms in total. The molecule has 1 saturated heterocycles. The Hall–Kier alpha value is -0.0900. The molecule has 0 radical (unpaired) electrons. The minimum atomic E-state index is -3.04. The van der Waals surface area contributed by atoms with E-state index in [-0.39, 0.29) is 24.0 Å². The summed E-state index contributed by atoms with van der Waals surface area (Å²) in [6.07, 6.45) is 8.04. The first-order valence-corrected chi connectivity index (χ1v) is 10.8. The Labute approximate surface area is 165 Å². The lowest BCUT2D eigenvalue weighted by molar-refractivity contribution is 0.280. The van der Waals surface area contributed by atoms with Crippen molar-refractivity contribution in [2.75, 3.05) is 39.0 Å². The number of unbranched alkanes of at least 4 members (excludes halogenated alkanes) is 3. The van der Waals surface area contributed by atoms with E-state index in [1.165, 1.54) is 31.9 Å². The van der Waals surface area contributed by atoms with Crippen LogP contribution in [0.15, 0.2) is 4.99 Å². The van der Waals surface area contributed by atoms with E-state index in [2.05, 4.69) is 29.5 Å². The van der Waals surface area contributed by atoms with Crippen molar-refractivity contribution in [2.24, 2.45) is 10.9 Å². The number of nitrogens with one attached hydrogen (secondary N) is 2. The number of halogens is 1. The van der Waals surface area contributed by atoms with Gasteiger partial charge in [0.2, 0.25) is 10.0 Å². The van der Waals surface area contributed by atoms with Crippen molar-refractivity contribution in [3.8, 4) is 0 Å². The van der Waals surface area contributed by atoms with Gasteiger partial charge in [0.1, 0.15) is 0 Å². The second kappa shape index (κ2) is 13.2. The van der Waals surface area contributed by atoms with Crippen molar-refractivity contribution in [1.82, 2.24) is 14.9 Å². The van der Waals surface area contributed by atoms with Crippen LogP contribution in [0.25, 0.3) is 0 Å². The normalized spacial score (nSPS) is 17.4. The van der Waals surface area contributed by atoms with E-state index >= 15 is 0 Å². The first-order chi connectivity index (χ1) is 11.0. The van der Waals surface area contributed by atoms with Gasteiger partial charge in [0.25, 0.3) is 0 Å². The highest BCUT2D eigenvalue weighted by Crippen LogP contribution is 2.19. The van der Waals surface area contributed by atoms with Crippen LogP contribution in [0.5, 0.6) is 0 Å². The zero-order valence-corrected chi connectivity index (χ0v) is 18.5. The van der Waals surface area contributed by atoms with Crippen LogP contribution in [-0.2, 0) is 10.0 Å². The van der Waals surface area contributed by atoms with Crippen molar-refractivity contribution < 1.29 is 8.42 Å². The van der Waals surface area contributed by atoms with Crippen LogP contribution in [-0.4, -0.2) is 57.7 Å². The number of rotatable bonds is 9. The number of sulfonamides is 1. The van der Waals surface area contributed by atoms with Crippen LogP contribution < -0.4 is 10.6 Å². The molecule has 1 rings (SSSR count). The van der Waals surface area contributed by atoms with Gasteiger partial charge in [0, 0.05) is 32.7 Å². The largest absolute Gasteiger partial charge is 0.357 e. The lowest BCUT2D eigenvalue weighted by Crippen LogP contribution is -2.40. The summed E-state index contributed by atoms with van der Waals surface area (Å²) in [6.45, 7) is 8.11. The van der Waals surface area contributed by atoms with Gasteiger partial charge in [-0.05, 0) is 32.1 Å². The Morgan fingerprint density at radius 1 is 1.12 bits per heavy atom. The molecule has 0 aromatic rings. The van der Waals surface area contributed by atoms with E-state index in [9.17, 15) is 8.42 Å². The summed E-state index contributed by atoms with van der Waals surface area (Å²) in [4.78, 5) is 4.67. The van der Waals surface area contributed by atoms with E-state index in [0.29, 0.717) is 19.0 Å². The number of piperidine rings is 1. The maximum Gasteiger partial charge on any atom is 0.211 e. The quantitative estimate of drug-likeness (QED) is 0.233. The topological polar surface area (TPSA) is 73.8 Å². The number of nitrogens with zero attached hydrogens (tertiary/aromatic N) is 2. The molecular formula is C16H35IN4O2S. The number of hydrogen-bond donors (Lipinski definition) is 2. The first kappa shape index (κ1) is 23.9. The molecule has 8 heteroatoms. The fourth-order valence-corrected chi connectivity index (χ4v) is 3.62. The first-order valence-electron chi connectivity index (χ1n) is 8.94. The fourth-order valence-electron chi connectivity index (χ4n) is 2.74. The average molecular weight is 474 g/mol. The summed E-state index contributed by atoms with van der Waals surface area (Å²) in [6, 6.07) is 0. The SMILES string of the molecule is CCCCCCNC(=NCC1CCN(S(C)(=O)=O)CC1)NCC.I. The zero-order valence-electron chi connectivity index (χ0n) is 15.4. The maximum absolute atomic E-state index is 11.5. The summed E-state index contributed by atoms with van der Waals surface area (Å²) in [5.74, 6) is 1.36. The standard InChI is InChI=1S/C16H34N4O2S.HI/c1-4-6-7-8-11-18-16(17-5-2)19-14-15-9-12-20(13-10-15)23(3,21)22;/h15H,4-14H2,1-3H3,(H2,17,18,19);1H. The molecule has 1 fully saturated rings. The highest BCUT2D eigenvalue weighted by atomic mass is 127. The van der Waals surface area contributed by atoms with Gasteiger partial charge in [-0.2, -0.15) is 0 Å². The molecule has 0 aromatic carbocycles. The molecule has 0 aliphatic carbocycles. The third-order valence-electron chi connectivity index (χ3n) is 4.22. The van der Waals surface area contributed by atoms with Crippen molar-refractivity contribution in [2.45, 2.75) is 52.4 Å². The zero-order chi connectivity index (χ0) is 17.1. The number of guanidine groups is 1. The van der Waals surface area contributed by atoms with Gasteiger partial charge < -0.3 is 10.6 Å². The molecule has 0 aromatic heterocycles. The maximum atomic E-state index is 11.5. The minimum absolute atomic E-state index is 0. The van der Waals surface area contributed by atoms with Crippen LogP contribution >= 0.6 is 24.0 Å². The molecule has 0 saturated carbocycles. The molecule has 2 N–H and O–H groups in total. The van der Waals surface area contributed by atoms with Crippen LogP contribution in [0.4, 0.5) is 0 Å². The third kappa shape index (κ3) is 10.0. The molecule has 0 bridgehead atoms. The van der Waals surface area contributed by atoms with E-state index < -0.39 is 10.0 Å². The Kier molecular flexibility index (Phi) is 13.1. The molecule has 0 atom stereocenters. The summed E-state index contributed by atoms with van der Waals surface area (Å²) >= 11 is 0. The Bertz CT molecular complexity index is 449. The van der Waals surface area contributed by atoms with Gasteiger partial charge in [0.15, 0.2) is 5.96 Å². The monoisotopic (exact) mass is 474 g/mol. The second-order valence-corrected chi connectivity index (χ2v) is 8.29. The molecule has 0 amide bonds. The van der Waals surface area contributed by atoms with E-state index in [1.54, 1.807) is 4.31 Å². The predicted molar refractivity (Wildman–Crippen MR) is 113 cm³/mol. The van der Waals surface area contributed by atoms with Gasteiger partial charge in [-0.1, -0.05) is 26.2 Å². The number of hydrogen-bond acceptors (Lipinski definition) is 3. The third-order valence-corrected chi connectivity index (χ3v) is 5.52. The van der Waals surface area contributed by atoms with Gasteiger partial charge in [0.05, 0.1) is 6.26 Å². The van der Waals surface area contributed by atoms with Crippen molar-refractivity contribution in [3.63, 3.8) is 0 Å². The van der Waals surface area contributed by atoms with Crippen molar-refractivity contribution >= 4 is 40.0 Å². The van der Waals surface area contributed by atoms with Gasteiger partial charge in [-0.3, -0.25) is 4.99 Å². The van der Waals surface area contributed by atoms with Gasteiger partial charge >= 0.3 is 0 Å². The Morgan fingerprint density at radius 2 is 1.79 bits per heavy atom.